The zero-order chi connectivity index (χ0) is 19.4. The maximum atomic E-state index is 12.3. The van der Waals surface area contributed by atoms with Gasteiger partial charge in [0.05, 0.1) is 9.82 Å². The number of likely N-dealkylation sites (tertiary alicyclic amines) is 1. The first kappa shape index (κ1) is 19.0. The lowest BCUT2D eigenvalue weighted by molar-refractivity contribution is -0.384. The minimum Gasteiger partial charge on any atom is -0.339 e. The van der Waals surface area contributed by atoms with Gasteiger partial charge in [0.1, 0.15) is 0 Å². The van der Waals surface area contributed by atoms with Crippen LogP contribution in [0.3, 0.4) is 0 Å². The molecule has 8 nitrogen and oxygen atoms in total. The summed E-state index contributed by atoms with van der Waals surface area (Å²) in [6.07, 6.45) is 2.04. The van der Waals surface area contributed by atoms with Gasteiger partial charge in [-0.2, -0.15) is 0 Å². The van der Waals surface area contributed by atoms with E-state index in [1.807, 2.05) is 4.90 Å². The third-order valence-electron chi connectivity index (χ3n) is 4.42. The highest BCUT2D eigenvalue weighted by Crippen LogP contribution is 2.17. The Morgan fingerprint density at radius 1 is 1.04 bits per heavy atom. The molecule has 0 atom stereocenters. The van der Waals surface area contributed by atoms with Crippen LogP contribution in [-0.4, -0.2) is 37.2 Å². The van der Waals surface area contributed by atoms with Gasteiger partial charge in [-0.3, -0.25) is 14.9 Å². The molecule has 1 aliphatic rings. The van der Waals surface area contributed by atoms with Gasteiger partial charge < -0.3 is 4.90 Å². The third-order valence-corrected chi connectivity index (χ3v) is 5.84. The number of non-ortho nitro benzene ring substituents is 1. The third kappa shape index (κ3) is 4.50. The second kappa shape index (κ2) is 7.85. The van der Waals surface area contributed by atoms with Crippen molar-refractivity contribution in [2.75, 3.05) is 13.1 Å². The summed E-state index contributed by atoms with van der Waals surface area (Å²) in [5, 5.41) is 10.6. The number of nitro benzene ring substituents is 1. The summed E-state index contributed by atoms with van der Waals surface area (Å²) >= 11 is 0. The molecule has 0 bridgehead atoms. The van der Waals surface area contributed by atoms with Crippen molar-refractivity contribution in [1.29, 1.82) is 0 Å². The summed E-state index contributed by atoms with van der Waals surface area (Å²) in [5.74, 6) is -0.00879. The van der Waals surface area contributed by atoms with Gasteiger partial charge in [0, 0.05) is 37.3 Å². The Hall–Kier alpha value is -2.78. The van der Waals surface area contributed by atoms with E-state index in [4.69, 9.17) is 0 Å². The molecule has 2 aromatic rings. The monoisotopic (exact) mass is 389 g/mol. The lowest BCUT2D eigenvalue weighted by Crippen LogP contribution is -2.27. The number of hydrogen-bond donors (Lipinski definition) is 1. The molecule has 1 heterocycles. The van der Waals surface area contributed by atoms with Crippen LogP contribution >= 0.6 is 0 Å². The first-order valence-electron chi connectivity index (χ1n) is 8.49. The molecule has 0 unspecified atom stereocenters. The number of sulfonamides is 1. The molecule has 142 valence electrons. The number of hydrogen-bond acceptors (Lipinski definition) is 5. The van der Waals surface area contributed by atoms with Gasteiger partial charge in [0.25, 0.3) is 11.6 Å². The highest BCUT2D eigenvalue weighted by atomic mass is 32.2. The molecule has 1 amide bonds. The second-order valence-corrected chi connectivity index (χ2v) is 8.04. The van der Waals surface area contributed by atoms with Crippen LogP contribution in [0.5, 0.6) is 0 Å². The average Bonchev–Trinajstić information content (AvgIpc) is 3.21. The number of rotatable bonds is 6. The Balaban J connectivity index is 1.63. The van der Waals surface area contributed by atoms with Crippen molar-refractivity contribution < 1.29 is 18.1 Å². The molecule has 1 N–H and O–H groups in total. The first-order valence-corrected chi connectivity index (χ1v) is 9.97. The maximum Gasteiger partial charge on any atom is 0.269 e. The summed E-state index contributed by atoms with van der Waals surface area (Å²) in [6, 6.07) is 11.5. The summed E-state index contributed by atoms with van der Waals surface area (Å²) in [4.78, 5) is 24.1. The topological polar surface area (TPSA) is 110 Å². The van der Waals surface area contributed by atoms with Crippen LogP contribution in [0.4, 0.5) is 5.69 Å². The lowest BCUT2D eigenvalue weighted by atomic mass is 10.1. The van der Waals surface area contributed by atoms with Crippen molar-refractivity contribution in [2.24, 2.45) is 0 Å². The Kier molecular flexibility index (Phi) is 5.52. The van der Waals surface area contributed by atoms with Crippen molar-refractivity contribution in [3.05, 3.63) is 69.8 Å². The zero-order valence-electron chi connectivity index (χ0n) is 14.5. The molecule has 0 aliphatic carbocycles. The smallest absolute Gasteiger partial charge is 0.269 e. The van der Waals surface area contributed by atoms with Crippen molar-refractivity contribution in [3.63, 3.8) is 0 Å². The summed E-state index contributed by atoms with van der Waals surface area (Å²) in [6.45, 7) is 1.60. The number of nitrogens with one attached hydrogen (secondary N) is 1. The van der Waals surface area contributed by atoms with Crippen LogP contribution in [-0.2, 0) is 16.6 Å². The van der Waals surface area contributed by atoms with E-state index in [-0.39, 0.29) is 23.0 Å². The second-order valence-electron chi connectivity index (χ2n) is 6.27. The molecule has 27 heavy (non-hydrogen) atoms. The van der Waals surface area contributed by atoms with Crippen molar-refractivity contribution in [3.8, 4) is 0 Å². The molecule has 1 saturated heterocycles. The Bertz CT molecular complexity index is 934. The van der Waals surface area contributed by atoms with Crippen LogP contribution in [0.2, 0.25) is 0 Å². The molecule has 0 aromatic heterocycles. The zero-order valence-corrected chi connectivity index (χ0v) is 15.3. The van der Waals surface area contributed by atoms with Gasteiger partial charge in [0.15, 0.2) is 0 Å². The Morgan fingerprint density at radius 3 is 2.19 bits per heavy atom. The molecule has 2 aromatic carbocycles. The van der Waals surface area contributed by atoms with Crippen molar-refractivity contribution >= 4 is 21.6 Å². The van der Waals surface area contributed by atoms with Crippen LogP contribution in [0.1, 0.15) is 28.8 Å². The molecule has 0 spiro atoms. The number of carbonyl (C=O) groups excluding carboxylic acids is 1. The quantitative estimate of drug-likeness (QED) is 0.602. The predicted molar refractivity (Wildman–Crippen MR) is 98.7 cm³/mol. The van der Waals surface area contributed by atoms with Crippen molar-refractivity contribution in [2.45, 2.75) is 24.3 Å². The molecule has 9 heteroatoms. The predicted octanol–water partition coefficient (Wildman–Crippen LogP) is 2.31. The number of nitrogens with zero attached hydrogens (tertiary/aromatic N) is 2. The van der Waals surface area contributed by atoms with E-state index in [1.54, 1.807) is 24.3 Å². The fraction of sp³-hybridized carbons (Fsp3) is 0.278. The van der Waals surface area contributed by atoms with E-state index in [9.17, 15) is 23.3 Å². The normalized spacial score (nSPS) is 14.3. The minimum absolute atomic E-state index is 0.00879. The van der Waals surface area contributed by atoms with Crippen LogP contribution in [0, 0.1) is 10.1 Å². The molecule has 0 radical (unpaired) electrons. The van der Waals surface area contributed by atoms with Crippen LogP contribution in [0.15, 0.2) is 53.4 Å². The van der Waals surface area contributed by atoms with E-state index in [1.165, 1.54) is 12.1 Å². The Labute approximate surface area is 157 Å². The van der Waals surface area contributed by atoms with E-state index in [0.717, 1.165) is 38.1 Å². The number of amides is 1. The Morgan fingerprint density at radius 2 is 1.63 bits per heavy atom. The molecular formula is C18H19N3O5S. The summed E-state index contributed by atoms with van der Waals surface area (Å²) < 4.78 is 27.0. The van der Waals surface area contributed by atoms with E-state index < -0.39 is 14.9 Å². The standard InChI is InChI=1S/C18H19N3O5S/c22-18(20-11-1-2-12-20)15-5-3-14(4-6-15)13-19-27(25,26)17-9-7-16(8-10-17)21(23)24/h3-10,19H,1-2,11-13H2. The van der Waals surface area contributed by atoms with Gasteiger partial charge in [-0.1, -0.05) is 12.1 Å². The number of carbonyl (C=O) groups is 1. The molecule has 3 rings (SSSR count). The summed E-state index contributed by atoms with van der Waals surface area (Å²) in [7, 11) is -3.79. The average molecular weight is 389 g/mol. The van der Waals surface area contributed by atoms with E-state index in [2.05, 4.69) is 4.72 Å². The number of benzene rings is 2. The summed E-state index contributed by atoms with van der Waals surface area (Å²) in [5.41, 5.74) is 1.12. The fourth-order valence-electron chi connectivity index (χ4n) is 2.88. The number of nitro groups is 1. The lowest BCUT2D eigenvalue weighted by Gasteiger charge is -2.15. The van der Waals surface area contributed by atoms with E-state index >= 15 is 0 Å². The maximum absolute atomic E-state index is 12.3. The van der Waals surface area contributed by atoms with Gasteiger partial charge in [-0.05, 0) is 42.7 Å². The van der Waals surface area contributed by atoms with Gasteiger partial charge in [0.2, 0.25) is 10.0 Å². The van der Waals surface area contributed by atoms with Crippen LogP contribution in [0.25, 0.3) is 0 Å². The van der Waals surface area contributed by atoms with Crippen LogP contribution < -0.4 is 4.72 Å². The van der Waals surface area contributed by atoms with E-state index in [0.29, 0.717) is 11.1 Å². The SMILES string of the molecule is O=C(c1ccc(CNS(=O)(=O)c2ccc([N+](=O)[O-])cc2)cc1)N1CCCC1. The van der Waals surface area contributed by atoms with Gasteiger partial charge in [-0.25, -0.2) is 13.1 Å². The fourth-order valence-corrected chi connectivity index (χ4v) is 3.89. The molecule has 0 saturated carbocycles. The highest BCUT2D eigenvalue weighted by Gasteiger charge is 2.19. The van der Waals surface area contributed by atoms with Crippen molar-refractivity contribution in [1.82, 2.24) is 9.62 Å². The largest absolute Gasteiger partial charge is 0.339 e. The first-order chi connectivity index (χ1) is 12.9. The highest BCUT2D eigenvalue weighted by molar-refractivity contribution is 7.89. The molecular weight excluding hydrogens is 370 g/mol. The molecule has 1 fully saturated rings. The van der Waals surface area contributed by atoms with Gasteiger partial charge in [-0.15, -0.1) is 0 Å². The molecule has 1 aliphatic heterocycles. The minimum atomic E-state index is -3.79. The van der Waals surface area contributed by atoms with Gasteiger partial charge >= 0.3 is 0 Å².